The number of carboxylic acid groups (broad SMARTS) is 1. The second-order valence-corrected chi connectivity index (χ2v) is 3.07. The minimum Gasteiger partial charge on any atom is -0.466 e. The Labute approximate surface area is 82.0 Å². The largest absolute Gasteiger partial charge is 0.466 e. The normalized spacial score (nSPS) is 21.5. The standard InChI is InChI=1S/C9H13NO4/c1-14-8(11)5-4-7-3-2-6-10(7)9(12)13/h4-5,7H,2-3,6H2,1H3,(H,12,13)/b5-4+/t7-/m0/s1. The van der Waals surface area contributed by atoms with Gasteiger partial charge in [-0.3, -0.25) is 0 Å². The number of esters is 1. The molecule has 1 atom stereocenters. The van der Waals surface area contributed by atoms with Gasteiger partial charge in [0, 0.05) is 12.6 Å². The van der Waals surface area contributed by atoms with Gasteiger partial charge in [0.2, 0.25) is 0 Å². The zero-order valence-electron chi connectivity index (χ0n) is 7.97. The number of methoxy groups -OCH3 is 1. The summed E-state index contributed by atoms with van der Waals surface area (Å²) in [6.45, 7) is 0.533. The predicted molar refractivity (Wildman–Crippen MR) is 48.9 cm³/mol. The number of nitrogens with zero attached hydrogens (tertiary/aromatic N) is 1. The summed E-state index contributed by atoms with van der Waals surface area (Å²) in [7, 11) is 1.29. The summed E-state index contributed by atoms with van der Waals surface area (Å²) in [5.74, 6) is -0.456. The van der Waals surface area contributed by atoms with Gasteiger partial charge in [-0.1, -0.05) is 6.08 Å². The van der Waals surface area contributed by atoms with Crippen molar-refractivity contribution in [2.24, 2.45) is 0 Å². The number of likely N-dealkylation sites (tertiary alicyclic amines) is 1. The van der Waals surface area contributed by atoms with Crippen LogP contribution < -0.4 is 0 Å². The van der Waals surface area contributed by atoms with Crippen molar-refractivity contribution in [2.45, 2.75) is 18.9 Å². The Bertz CT molecular complexity index is 262. The van der Waals surface area contributed by atoms with Crippen LogP contribution in [0.1, 0.15) is 12.8 Å². The van der Waals surface area contributed by atoms with Crippen molar-refractivity contribution in [3.05, 3.63) is 12.2 Å². The second-order valence-electron chi connectivity index (χ2n) is 3.07. The Kier molecular flexibility index (Phi) is 3.50. The Morgan fingerprint density at radius 1 is 1.57 bits per heavy atom. The molecule has 0 spiro atoms. The van der Waals surface area contributed by atoms with Crippen LogP contribution in [0.4, 0.5) is 4.79 Å². The van der Waals surface area contributed by atoms with Crippen molar-refractivity contribution in [3.63, 3.8) is 0 Å². The molecule has 1 heterocycles. The summed E-state index contributed by atoms with van der Waals surface area (Å²) in [5.41, 5.74) is 0. The van der Waals surface area contributed by atoms with Crippen molar-refractivity contribution >= 4 is 12.1 Å². The van der Waals surface area contributed by atoms with E-state index in [4.69, 9.17) is 5.11 Å². The van der Waals surface area contributed by atoms with Gasteiger partial charge in [-0.15, -0.1) is 0 Å². The average molecular weight is 199 g/mol. The van der Waals surface area contributed by atoms with Crippen LogP contribution >= 0.6 is 0 Å². The van der Waals surface area contributed by atoms with E-state index >= 15 is 0 Å². The summed E-state index contributed by atoms with van der Waals surface area (Å²) in [6, 6.07) is -0.188. The highest BCUT2D eigenvalue weighted by molar-refractivity contribution is 5.82. The molecule has 5 heteroatoms. The predicted octanol–water partition coefficient (Wildman–Crippen LogP) is 0.858. The van der Waals surface area contributed by atoms with Crippen LogP contribution in [0.15, 0.2) is 12.2 Å². The summed E-state index contributed by atoms with van der Waals surface area (Å²) in [6.07, 6.45) is 3.50. The fourth-order valence-electron chi connectivity index (χ4n) is 1.49. The van der Waals surface area contributed by atoms with Gasteiger partial charge in [-0.05, 0) is 12.8 Å². The minimum absolute atomic E-state index is 0.188. The van der Waals surface area contributed by atoms with Crippen LogP contribution in [0.25, 0.3) is 0 Å². The van der Waals surface area contributed by atoms with Gasteiger partial charge in [-0.2, -0.15) is 0 Å². The van der Waals surface area contributed by atoms with Crippen LogP contribution in [0.2, 0.25) is 0 Å². The molecule has 1 saturated heterocycles. The van der Waals surface area contributed by atoms with Crippen LogP contribution in [0.5, 0.6) is 0 Å². The molecule has 0 aromatic carbocycles. The molecule has 5 nitrogen and oxygen atoms in total. The van der Waals surface area contributed by atoms with Gasteiger partial charge in [-0.25, -0.2) is 9.59 Å². The van der Waals surface area contributed by atoms with E-state index < -0.39 is 12.1 Å². The third-order valence-electron chi connectivity index (χ3n) is 2.20. The fourth-order valence-corrected chi connectivity index (χ4v) is 1.49. The molecule has 78 valence electrons. The molecule has 0 aromatic heterocycles. The summed E-state index contributed by atoms with van der Waals surface area (Å²) in [4.78, 5) is 22.8. The first-order valence-electron chi connectivity index (χ1n) is 4.41. The highest BCUT2D eigenvalue weighted by Gasteiger charge is 2.26. The lowest BCUT2D eigenvalue weighted by molar-refractivity contribution is -0.134. The number of ether oxygens (including phenoxy) is 1. The van der Waals surface area contributed by atoms with Gasteiger partial charge in [0.1, 0.15) is 0 Å². The van der Waals surface area contributed by atoms with Gasteiger partial charge >= 0.3 is 12.1 Å². The Hall–Kier alpha value is -1.52. The van der Waals surface area contributed by atoms with Crippen LogP contribution in [0, 0.1) is 0 Å². The van der Waals surface area contributed by atoms with Crippen molar-refractivity contribution in [2.75, 3.05) is 13.7 Å². The lowest BCUT2D eigenvalue weighted by atomic mass is 10.2. The quantitative estimate of drug-likeness (QED) is 0.529. The molecule has 0 aliphatic carbocycles. The molecule has 1 aliphatic heterocycles. The molecular formula is C9H13NO4. The summed E-state index contributed by atoms with van der Waals surface area (Å²) < 4.78 is 4.41. The summed E-state index contributed by atoms with van der Waals surface area (Å²) in [5, 5.41) is 8.78. The van der Waals surface area contributed by atoms with Crippen LogP contribution in [-0.4, -0.2) is 41.8 Å². The molecule has 0 unspecified atom stereocenters. The number of hydrogen-bond acceptors (Lipinski definition) is 3. The Morgan fingerprint density at radius 2 is 2.29 bits per heavy atom. The van der Waals surface area contributed by atoms with E-state index in [9.17, 15) is 9.59 Å². The average Bonchev–Trinajstić information content (AvgIpc) is 2.62. The molecule has 1 rings (SSSR count). The Balaban J connectivity index is 2.55. The zero-order valence-corrected chi connectivity index (χ0v) is 7.97. The third kappa shape index (κ3) is 2.48. The van der Waals surface area contributed by atoms with E-state index in [2.05, 4.69) is 4.74 Å². The van der Waals surface area contributed by atoms with Crippen molar-refractivity contribution in [1.29, 1.82) is 0 Å². The monoisotopic (exact) mass is 199 g/mol. The minimum atomic E-state index is -0.943. The molecule has 1 amide bonds. The van der Waals surface area contributed by atoms with Crippen molar-refractivity contribution in [3.8, 4) is 0 Å². The molecule has 0 aromatic rings. The lowest BCUT2D eigenvalue weighted by Gasteiger charge is -2.17. The maximum atomic E-state index is 10.8. The second kappa shape index (κ2) is 4.64. The summed E-state index contributed by atoms with van der Waals surface area (Å²) >= 11 is 0. The van der Waals surface area contributed by atoms with Gasteiger partial charge in [0.25, 0.3) is 0 Å². The van der Waals surface area contributed by atoms with E-state index in [1.54, 1.807) is 6.08 Å². The van der Waals surface area contributed by atoms with E-state index in [0.29, 0.717) is 6.54 Å². The van der Waals surface area contributed by atoms with Crippen LogP contribution in [0.3, 0.4) is 0 Å². The lowest BCUT2D eigenvalue weighted by Crippen LogP contribution is -2.32. The van der Waals surface area contributed by atoms with E-state index in [0.717, 1.165) is 12.8 Å². The smallest absolute Gasteiger partial charge is 0.407 e. The SMILES string of the molecule is COC(=O)/C=C/[C@@H]1CCCN1C(=O)O. The number of amides is 1. The maximum Gasteiger partial charge on any atom is 0.407 e. The topological polar surface area (TPSA) is 66.8 Å². The first kappa shape index (κ1) is 10.6. The Morgan fingerprint density at radius 3 is 2.86 bits per heavy atom. The molecule has 1 aliphatic rings. The first-order chi connectivity index (χ1) is 6.65. The molecule has 0 bridgehead atoms. The first-order valence-corrected chi connectivity index (χ1v) is 4.41. The van der Waals surface area contributed by atoms with E-state index in [-0.39, 0.29) is 6.04 Å². The zero-order chi connectivity index (χ0) is 10.6. The molecule has 0 saturated carbocycles. The van der Waals surface area contributed by atoms with Crippen molar-refractivity contribution in [1.82, 2.24) is 4.90 Å². The number of carbonyl (C=O) groups is 2. The van der Waals surface area contributed by atoms with Gasteiger partial charge < -0.3 is 14.7 Å². The maximum absolute atomic E-state index is 10.8. The number of carbonyl (C=O) groups excluding carboxylic acids is 1. The molecule has 0 radical (unpaired) electrons. The molecule has 14 heavy (non-hydrogen) atoms. The fraction of sp³-hybridized carbons (Fsp3) is 0.556. The van der Waals surface area contributed by atoms with E-state index in [1.807, 2.05) is 0 Å². The van der Waals surface area contributed by atoms with Gasteiger partial charge in [0.15, 0.2) is 0 Å². The third-order valence-corrected chi connectivity index (χ3v) is 2.20. The number of hydrogen-bond donors (Lipinski definition) is 1. The highest BCUT2D eigenvalue weighted by Crippen LogP contribution is 2.17. The number of rotatable bonds is 2. The molecule has 1 N–H and O–H groups in total. The molecular weight excluding hydrogens is 186 g/mol. The van der Waals surface area contributed by atoms with Gasteiger partial charge in [0.05, 0.1) is 13.2 Å². The highest BCUT2D eigenvalue weighted by atomic mass is 16.5. The van der Waals surface area contributed by atoms with Crippen molar-refractivity contribution < 1.29 is 19.4 Å². The van der Waals surface area contributed by atoms with E-state index in [1.165, 1.54) is 18.1 Å². The molecule has 1 fully saturated rings. The van der Waals surface area contributed by atoms with Crippen LogP contribution in [-0.2, 0) is 9.53 Å².